The maximum atomic E-state index is 11.5. The summed E-state index contributed by atoms with van der Waals surface area (Å²) in [5.74, 6) is 0.902. The SMILES string of the molecule is Nc1ccn([C@H]2CS[C@@H](COBr)O2)c(=O)n1. The fraction of sp³-hybridized carbons (Fsp3) is 0.500. The predicted molar refractivity (Wildman–Crippen MR) is 64.2 cm³/mol. The molecule has 0 bridgehead atoms. The van der Waals surface area contributed by atoms with Crippen molar-refractivity contribution in [3.8, 4) is 0 Å². The van der Waals surface area contributed by atoms with Crippen molar-refractivity contribution in [1.29, 1.82) is 0 Å². The Labute approximate surface area is 105 Å². The van der Waals surface area contributed by atoms with Crippen molar-refractivity contribution in [2.45, 2.75) is 11.7 Å². The number of halogens is 1. The minimum Gasteiger partial charge on any atom is -0.383 e. The van der Waals surface area contributed by atoms with Crippen molar-refractivity contribution in [2.24, 2.45) is 0 Å². The lowest BCUT2D eigenvalue weighted by Crippen LogP contribution is -2.28. The van der Waals surface area contributed by atoms with E-state index in [1.54, 1.807) is 24.0 Å². The number of rotatable bonds is 3. The normalized spacial score (nSPS) is 24.8. The van der Waals surface area contributed by atoms with Crippen molar-refractivity contribution < 1.29 is 8.57 Å². The van der Waals surface area contributed by atoms with Crippen LogP contribution < -0.4 is 11.4 Å². The zero-order valence-electron chi connectivity index (χ0n) is 8.21. The molecule has 0 saturated carbocycles. The fourth-order valence-electron chi connectivity index (χ4n) is 1.37. The summed E-state index contributed by atoms with van der Waals surface area (Å²) in [6.45, 7) is 0.429. The lowest BCUT2D eigenvalue weighted by molar-refractivity contribution is 0.00208. The van der Waals surface area contributed by atoms with E-state index in [2.05, 4.69) is 21.2 Å². The largest absolute Gasteiger partial charge is 0.383 e. The van der Waals surface area contributed by atoms with Gasteiger partial charge in [-0.2, -0.15) is 4.98 Å². The molecule has 1 aliphatic heterocycles. The van der Waals surface area contributed by atoms with Crippen molar-refractivity contribution >= 4 is 33.8 Å². The Morgan fingerprint density at radius 3 is 3.31 bits per heavy atom. The molecule has 1 aromatic heterocycles. The number of ether oxygens (including phenoxy) is 1. The number of aromatic nitrogens is 2. The van der Waals surface area contributed by atoms with Gasteiger partial charge in [-0.05, 0) is 6.07 Å². The molecule has 88 valence electrons. The topological polar surface area (TPSA) is 79.4 Å². The Hall–Kier alpha value is -0.570. The Morgan fingerprint density at radius 2 is 2.62 bits per heavy atom. The quantitative estimate of drug-likeness (QED) is 0.887. The molecular weight excluding hydrogens is 298 g/mol. The summed E-state index contributed by atoms with van der Waals surface area (Å²) in [5, 5.41) is 0. The second-order valence-electron chi connectivity index (χ2n) is 3.17. The van der Waals surface area contributed by atoms with Gasteiger partial charge < -0.3 is 14.3 Å². The average molecular weight is 308 g/mol. The van der Waals surface area contributed by atoms with E-state index in [0.29, 0.717) is 12.4 Å². The summed E-state index contributed by atoms with van der Waals surface area (Å²) in [7, 11) is 0. The number of nitrogen functional groups attached to an aromatic ring is 1. The first-order valence-corrected chi connectivity index (χ1v) is 6.25. The minimum atomic E-state index is -0.397. The Kier molecular flexibility index (Phi) is 3.85. The molecule has 1 fully saturated rings. The first kappa shape index (κ1) is 11.9. The van der Waals surface area contributed by atoms with Crippen LogP contribution >= 0.6 is 28.0 Å². The van der Waals surface area contributed by atoms with Crippen molar-refractivity contribution in [2.75, 3.05) is 18.1 Å². The summed E-state index contributed by atoms with van der Waals surface area (Å²) in [6.07, 6.45) is 1.28. The molecular formula is C8H10BrN3O3S. The van der Waals surface area contributed by atoms with Crippen LogP contribution in [0.1, 0.15) is 6.23 Å². The number of nitrogens with two attached hydrogens (primary N) is 1. The molecule has 8 heteroatoms. The van der Waals surface area contributed by atoms with Gasteiger partial charge in [0.05, 0.1) is 22.9 Å². The van der Waals surface area contributed by atoms with Crippen molar-refractivity contribution in [1.82, 2.24) is 9.55 Å². The molecule has 0 radical (unpaired) electrons. The van der Waals surface area contributed by atoms with Gasteiger partial charge in [0, 0.05) is 11.9 Å². The molecule has 0 aromatic carbocycles. The summed E-state index contributed by atoms with van der Waals surface area (Å²) in [5.41, 5.74) is 4.93. The van der Waals surface area contributed by atoms with Gasteiger partial charge in [-0.15, -0.1) is 11.8 Å². The molecule has 0 unspecified atom stereocenters. The molecule has 2 rings (SSSR count). The van der Waals surface area contributed by atoms with Crippen LogP contribution in [0.25, 0.3) is 0 Å². The van der Waals surface area contributed by atoms with Crippen LogP contribution in [0.3, 0.4) is 0 Å². The summed E-state index contributed by atoms with van der Waals surface area (Å²) in [6, 6.07) is 1.57. The van der Waals surface area contributed by atoms with Gasteiger partial charge in [0.2, 0.25) is 0 Å². The van der Waals surface area contributed by atoms with Crippen molar-refractivity contribution in [3.63, 3.8) is 0 Å². The van der Waals surface area contributed by atoms with Gasteiger partial charge in [0.15, 0.2) is 0 Å². The van der Waals surface area contributed by atoms with E-state index < -0.39 is 5.69 Å². The summed E-state index contributed by atoms with van der Waals surface area (Å²) >= 11 is 4.46. The van der Waals surface area contributed by atoms with Gasteiger partial charge in [-0.3, -0.25) is 4.57 Å². The zero-order valence-corrected chi connectivity index (χ0v) is 10.6. The molecule has 0 spiro atoms. The van der Waals surface area contributed by atoms with E-state index in [1.807, 2.05) is 0 Å². The van der Waals surface area contributed by atoms with E-state index in [0.717, 1.165) is 0 Å². The predicted octanol–water partition coefficient (Wildman–Crippen LogP) is 0.740. The molecule has 0 aliphatic carbocycles. The molecule has 1 aliphatic rings. The van der Waals surface area contributed by atoms with Crippen LogP contribution in [0.15, 0.2) is 17.1 Å². The summed E-state index contributed by atoms with van der Waals surface area (Å²) < 4.78 is 11.8. The standard InChI is InChI=1S/C8H10BrN3O3S/c9-14-3-7-15-6(4-16-7)12-2-1-5(10)11-8(12)13/h1-2,6-7H,3-4H2,(H2,10,11,13)/t6-,7+/m1/s1. The van der Waals surface area contributed by atoms with Crippen LogP contribution in [0.4, 0.5) is 5.82 Å². The highest BCUT2D eigenvalue weighted by atomic mass is 79.9. The number of nitrogens with zero attached hydrogens (tertiary/aromatic N) is 2. The van der Waals surface area contributed by atoms with Crippen LogP contribution in [-0.4, -0.2) is 27.3 Å². The second kappa shape index (κ2) is 5.17. The van der Waals surface area contributed by atoms with E-state index in [1.165, 1.54) is 4.57 Å². The number of thioether (sulfide) groups is 1. The van der Waals surface area contributed by atoms with Crippen LogP contribution in [-0.2, 0) is 8.57 Å². The van der Waals surface area contributed by atoms with E-state index in [4.69, 9.17) is 14.3 Å². The maximum Gasteiger partial charge on any atom is 0.351 e. The lowest BCUT2D eigenvalue weighted by Gasteiger charge is -2.13. The first-order chi connectivity index (χ1) is 7.70. The van der Waals surface area contributed by atoms with Gasteiger partial charge in [-0.25, -0.2) is 4.79 Å². The molecule has 6 nitrogen and oxygen atoms in total. The Balaban J connectivity index is 2.11. The number of hydrogen-bond donors (Lipinski definition) is 1. The van der Waals surface area contributed by atoms with E-state index in [9.17, 15) is 4.79 Å². The Morgan fingerprint density at radius 1 is 1.81 bits per heavy atom. The molecule has 0 amide bonds. The van der Waals surface area contributed by atoms with E-state index in [-0.39, 0.29) is 17.5 Å². The third kappa shape index (κ3) is 2.57. The zero-order chi connectivity index (χ0) is 11.5. The minimum absolute atomic E-state index is 0.0752. The first-order valence-electron chi connectivity index (χ1n) is 4.56. The molecule has 16 heavy (non-hydrogen) atoms. The highest BCUT2D eigenvalue weighted by molar-refractivity contribution is 9.06. The third-order valence-electron chi connectivity index (χ3n) is 2.09. The second-order valence-corrected chi connectivity index (χ2v) is 4.82. The molecule has 2 atom stereocenters. The molecule has 1 saturated heterocycles. The fourth-order valence-corrected chi connectivity index (χ4v) is 2.78. The average Bonchev–Trinajstić information content (AvgIpc) is 2.67. The monoisotopic (exact) mass is 307 g/mol. The highest BCUT2D eigenvalue weighted by Gasteiger charge is 2.27. The van der Waals surface area contributed by atoms with Gasteiger partial charge in [0.1, 0.15) is 17.5 Å². The Bertz CT molecular complexity index is 427. The van der Waals surface area contributed by atoms with Crippen LogP contribution in [0.2, 0.25) is 0 Å². The van der Waals surface area contributed by atoms with Gasteiger partial charge in [0.25, 0.3) is 0 Å². The summed E-state index contributed by atoms with van der Waals surface area (Å²) in [4.78, 5) is 15.2. The lowest BCUT2D eigenvalue weighted by atomic mass is 10.5. The van der Waals surface area contributed by atoms with Gasteiger partial charge in [-0.1, -0.05) is 0 Å². The van der Waals surface area contributed by atoms with Crippen LogP contribution in [0, 0.1) is 0 Å². The van der Waals surface area contributed by atoms with E-state index >= 15 is 0 Å². The number of hydrogen-bond acceptors (Lipinski definition) is 6. The number of anilines is 1. The van der Waals surface area contributed by atoms with Gasteiger partial charge >= 0.3 is 5.69 Å². The molecule has 2 N–H and O–H groups in total. The third-order valence-corrected chi connectivity index (χ3v) is 3.46. The maximum absolute atomic E-state index is 11.5. The molecule has 1 aromatic rings. The molecule has 2 heterocycles. The highest BCUT2D eigenvalue weighted by Crippen LogP contribution is 2.31. The smallest absolute Gasteiger partial charge is 0.351 e. The van der Waals surface area contributed by atoms with Crippen LogP contribution in [0.5, 0.6) is 0 Å². The van der Waals surface area contributed by atoms with Crippen molar-refractivity contribution in [3.05, 3.63) is 22.7 Å².